The Morgan fingerprint density at radius 2 is 1.90 bits per heavy atom. The SMILES string of the molecule is COC(=O)CNC(=O)CNC(=O)c1c(C)[nH]c(/C=C2\C(=O)Nc3ccc(F)cc32)c1C. The van der Waals surface area contributed by atoms with Crippen LogP contribution >= 0.6 is 0 Å². The Balaban J connectivity index is 1.77. The van der Waals surface area contributed by atoms with Crippen LogP contribution < -0.4 is 16.0 Å². The monoisotopic (exact) mass is 428 g/mol. The zero-order chi connectivity index (χ0) is 22.7. The third-order valence-electron chi connectivity index (χ3n) is 4.82. The molecule has 9 nitrogen and oxygen atoms in total. The maximum atomic E-state index is 13.6. The van der Waals surface area contributed by atoms with Crippen molar-refractivity contribution in [2.24, 2.45) is 0 Å². The molecule has 0 atom stereocenters. The molecular formula is C21H21FN4O5. The van der Waals surface area contributed by atoms with Crippen molar-refractivity contribution in [2.45, 2.75) is 13.8 Å². The second-order valence-corrected chi connectivity index (χ2v) is 6.90. The van der Waals surface area contributed by atoms with Crippen molar-refractivity contribution in [3.05, 3.63) is 52.1 Å². The van der Waals surface area contributed by atoms with Gasteiger partial charge in [0, 0.05) is 22.6 Å². The number of nitrogens with one attached hydrogen (secondary N) is 4. The van der Waals surface area contributed by atoms with Gasteiger partial charge in [-0.15, -0.1) is 0 Å². The normalized spacial score (nSPS) is 13.5. The van der Waals surface area contributed by atoms with E-state index in [1.807, 2.05) is 0 Å². The smallest absolute Gasteiger partial charge is 0.325 e. The number of esters is 1. The fraction of sp³-hybridized carbons (Fsp3) is 0.238. The number of halogens is 1. The molecule has 1 aliphatic heterocycles. The minimum atomic E-state index is -0.605. The summed E-state index contributed by atoms with van der Waals surface area (Å²) in [5, 5.41) is 7.48. The van der Waals surface area contributed by atoms with Crippen LogP contribution in [-0.4, -0.2) is 48.9 Å². The minimum absolute atomic E-state index is 0.271. The van der Waals surface area contributed by atoms with Gasteiger partial charge in [0.2, 0.25) is 5.91 Å². The minimum Gasteiger partial charge on any atom is -0.468 e. The van der Waals surface area contributed by atoms with Crippen molar-refractivity contribution < 1.29 is 28.3 Å². The van der Waals surface area contributed by atoms with Gasteiger partial charge in [0.15, 0.2) is 0 Å². The van der Waals surface area contributed by atoms with E-state index in [4.69, 9.17) is 0 Å². The average Bonchev–Trinajstić information content (AvgIpc) is 3.19. The summed E-state index contributed by atoms with van der Waals surface area (Å²) in [6.07, 6.45) is 1.56. The molecule has 0 saturated heterocycles. The maximum absolute atomic E-state index is 13.6. The van der Waals surface area contributed by atoms with E-state index in [1.165, 1.54) is 25.3 Å². The molecule has 162 valence electrons. The third-order valence-corrected chi connectivity index (χ3v) is 4.82. The first-order valence-electron chi connectivity index (χ1n) is 9.35. The van der Waals surface area contributed by atoms with E-state index in [9.17, 15) is 23.6 Å². The Labute approximate surface area is 177 Å². The Morgan fingerprint density at radius 3 is 2.61 bits per heavy atom. The number of hydrogen-bond donors (Lipinski definition) is 4. The molecule has 1 aromatic carbocycles. The van der Waals surface area contributed by atoms with Crippen molar-refractivity contribution in [1.82, 2.24) is 15.6 Å². The number of hydrogen-bond acceptors (Lipinski definition) is 5. The largest absolute Gasteiger partial charge is 0.468 e. The zero-order valence-electron chi connectivity index (χ0n) is 17.1. The number of carbonyl (C=O) groups excluding carboxylic acids is 4. The molecule has 0 saturated carbocycles. The number of anilines is 1. The number of carbonyl (C=O) groups is 4. The van der Waals surface area contributed by atoms with Gasteiger partial charge in [0.25, 0.3) is 11.8 Å². The lowest BCUT2D eigenvalue weighted by atomic mass is 10.0. The molecular weight excluding hydrogens is 407 g/mol. The summed E-state index contributed by atoms with van der Waals surface area (Å²) in [4.78, 5) is 50.8. The fourth-order valence-corrected chi connectivity index (χ4v) is 3.26. The first-order valence-corrected chi connectivity index (χ1v) is 9.35. The second kappa shape index (κ2) is 8.82. The van der Waals surface area contributed by atoms with Gasteiger partial charge in [-0.2, -0.15) is 0 Å². The quantitative estimate of drug-likeness (QED) is 0.407. The number of rotatable bonds is 6. The molecule has 3 rings (SSSR count). The highest BCUT2D eigenvalue weighted by molar-refractivity contribution is 6.34. The summed E-state index contributed by atoms with van der Waals surface area (Å²) in [7, 11) is 1.20. The van der Waals surface area contributed by atoms with Crippen LogP contribution in [0, 0.1) is 19.7 Å². The molecule has 31 heavy (non-hydrogen) atoms. The zero-order valence-corrected chi connectivity index (χ0v) is 17.1. The van der Waals surface area contributed by atoms with Gasteiger partial charge in [-0.25, -0.2) is 4.39 Å². The van der Waals surface area contributed by atoms with Crippen LogP contribution in [0.5, 0.6) is 0 Å². The van der Waals surface area contributed by atoms with Crippen LogP contribution in [0.1, 0.15) is 32.9 Å². The van der Waals surface area contributed by atoms with Gasteiger partial charge in [-0.1, -0.05) is 0 Å². The van der Waals surface area contributed by atoms with E-state index in [0.717, 1.165) is 0 Å². The van der Waals surface area contributed by atoms with Crippen molar-refractivity contribution in [3.63, 3.8) is 0 Å². The van der Waals surface area contributed by atoms with Crippen LogP contribution in [-0.2, 0) is 19.1 Å². The number of aromatic nitrogens is 1. The third kappa shape index (κ3) is 4.63. The molecule has 1 aromatic heterocycles. The number of amides is 3. The molecule has 0 bridgehead atoms. The number of aromatic amines is 1. The van der Waals surface area contributed by atoms with Crippen molar-refractivity contribution in [2.75, 3.05) is 25.5 Å². The molecule has 10 heteroatoms. The summed E-state index contributed by atoms with van der Waals surface area (Å²) in [6.45, 7) is 2.76. The highest BCUT2D eigenvalue weighted by Crippen LogP contribution is 2.34. The lowest BCUT2D eigenvalue weighted by Gasteiger charge is -2.07. The summed E-state index contributed by atoms with van der Waals surface area (Å²) < 4.78 is 18.1. The van der Waals surface area contributed by atoms with E-state index in [1.54, 1.807) is 19.9 Å². The van der Waals surface area contributed by atoms with E-state index in [0.29, 0.717) is 33.8 Å². The first kappa shape index (κ1) is 21.8. The van der Waals surface area contributed by atoms with Crippen molar-refractivity contribution in [1.29, 1.82) is 0 Å². The van der Waals surface area contributed by atoms with Gasteiger partial charge in [0.05, 0.1) is 24.8 Å². The second-order valence-electron chi connectivity index (χ2n) is 6.90. The van der Waals surface area contributed by atoms with E-state index in [-0.39, 0.29) is 24.6 Å². The molecule has 0 spiro atoms. The summed E-state index contributed by atoms with van der Waals surface area (Å²) in [6, 6.07) is 4.01. The van der Waals surface area contributed by atoms with Gasteiger partial charge in [0.1, 0.15) is 12.4 Å². The summed E-state index contributed by atoms with van der Waals surface area (Å²) >= 11 is 0. The first-order chi connectivity index (χ1) is 14.7. The van der Waals surface area contributed by atoms with Crippen LogP contribution in [0.4, 0.5) is 10.1 Å². The van der Waals surface area contributed by atoms with Gasteiger partial charge in [-0.05, 0) is 43.7 Å². The van der Waals surface area contributed by atoms with Gasteiger partial charge in [-0.3, -0.25) is 19.2 Å². The number of H-pyrrole nitrogens is 1. The maximum Gasteiger partial charge on any atom is 0.325 e. The Bertz CT molecular complexity index is 1120. The predicted molar refractivity (Wildman–Crippen MR) is 111 cm³/mol. The molecule has 0 aliphatic carbocycles. The molecule has 0 fully saturated rings. The topological polar surface area (TPSA) is 129 Å². The van der Waals surface area contributed by atoms with Crippen LogP contribution in [0.15, 0.2) is 18.2 Å². The van der Waals surface area contributed by atoms with E-state index >= 15 is 0 Å². The van der Waals surface area contributed by atoms with Gasteiger partial charge < -0.3 is 25.7 Å². The number of benzene rings is 1. The number of ether oxygens (including phenoxy) is 1. The van der Waals surface area contributed by atoms with E-state index < -0.39 is 23.6 Å². The highest BCUT2D eigenvalue weighted by Gasteiger charge is 2.26. The molecule has 4 N–H and O–H groups in total. The van der Waals surface area contributed by atoms with Crippen LogP contribution in [0.25, 0.3) is 11.6 Å². The molecule has 1 aliphatic rings. The molecule has 0 radical (unpaired) electrons. The molecule has 3 amide bonds. The average molecular weight is 428 g/mol. The standard InChI is InChI=1S/C21H21FN4O5/c1-10-16(7-14-13-6-12(22)4-5-15(13)26-20(14)29)25-11(2)19(10)21(30)24-8-17(27)23-9-18(28)31-3/h4-7,25H,8-9H2,1-3H3,(H,23,27)(H,24,30)(H,26,29)/b14-7-. The Morgan fingerprint density at radius 1 is 1.16 bits per heavy atom. The van der Waals surface area contributed by atoms with Crippen LogP contribution in [0.2, 0.25) is 0 Å². The predicted octanol–water partition coefficient (Wildman–Crippen LogP) is 1.28. The molecule has 2 heterocycles. The fourth-order valence-electron chi connectivity index (χ4n) is 3.26. The lowest BCUT2D eigenvalue weighted by Crippen LogP contribution is -2.39. The lowest BCUT2D eigenvalue weighted by molar-refractivity contribution is -0.141. The number of methoxy groups -OCH3 is 1. The number of aryl methyl sites for hydroxylation is 1. The van der Waals surface area contributed by atoms with Crippen LogP contribution in [0.3, 0.4) is 0 Å². The van der Waals surface area contributed by atoms with Crippen molar-refractivity contribution >= 4 is 41.0 Å². The highest BCUT2D eigenvalue weighted by atomic mass is 19.1. The van der Waals surface area contributed by atoms with Crippen molar-refractivity contribution in [3.8, 4) is 0 Å². The van der Waals surface area contributed by atoms with E-state index in [2.05, 4.69) is 25.7 Å². The Kier molecular flexibility index (Phi) is 6.19. The molecule has 0 unspecified atom stereocenters. The summed E-state index contributed by atoms with van der Waals surface area (Å²) in [5.41, 5.74) is 3.16. The number of fused-ring (bicyclic) bond motifs is 1. The summed E-state index contributed by atoms with van der Waals surface area (Å²) in [5.74, 6) is -2.49. The molecule has 2 aromatic rings. The van der Waals surface area contributed by atoms with Gasteiger partial charge >= 0.3 is 5.97 Å². The Hall–Kier alpha value is -3.95.